The minimum absolute atomic E-state index is 0.00448. The van der Waals surface area contributed by atoms with Crippen molar-refractivity contribution >= 4 is 15.9 Å². The molecule has 144 valence electrons. The molecule has 6 nitrogen and oxygen atoms in total. The fourth-order valence-corrected chi connectivity index (χ4v) is 4.99. The molecule has 2 fully saturated rings. The van der Waals surface area contributed by atoms with E-state index in [4.69, 9.17) is 4.74 Å². The maximum atomic E-state index is 14.2. The molecule has 0 unspecified atom stereocenters. The van der Waals surface area contributed by atoms with E-state index in [1.807, 2.05) is 0 Å². The van der Waals surface area contributed by atoms with E-state index in [2.05, 4.69) is 12.2 Å². The van der Waals surface area contributed by atoms with Crippen LogP contribution in [0.5, 0.6) is 0 Å². The molecule has 0 radical (unpaired) electrons. The fraction of sp³-hybridized carbons (Fsp3) is 0.611. The Labute approximate surface area is 153 Å². The minimum atomic E-state index is -3.77. The lowest BCUT2D eigenvalue weighted by Crippen LogP contribution is -2.42. The van der Waals surface area contributed by atoms with Crippen LogP contribution in [-0.4, -0.2) is 51.0 Å². The molecule has 3 rings (SSSR count). The number of nitrogens with one attached hydrogen (secondary N) is 1. The van der Waals surface area contributed by atoms with Gasteiger partial charge in [0.05, 0.1) is 23.7 Å². The second-order valence-electron chi connectivity index (χ2n) is 7.00. The third-order valence-corrected chi connectivity index (χ3v) is 7.11. The summed E-state index contributed by atoms with van der Waals surface area (Å²) in [6.45, 7) is 3.22. The topological polar surface area (TPSA) is 75.7 Å². The standard InChI is InChI=1S/C18H25FN2O4S/c1-13-4-2-3-5-17(13)20-18(22)15-12-14(6-7-16(15)19)26(23,24)21-8-10-25-11-9-21/h6-7,12-13,17H,2-5,8-11H2,1H3,(H,20,22)/t13-,17+/m0/s1. The third-order valence-electron chi connectivity index (χ3n) is 5.22. The first-order valence-electron chi connectivity index (χ1n) is 9.08. The molecule has 1 aromatic rings. The van der Waals surface area contributed by atoms with Crippen molar-refractivity contribution in [2.24, 2.45) is 5.92 Å². The zero-order chi connectivity index (χ0) is 18.7. The van der Waals surface area contributed by atoms with Crippen LogP contribution in [0.1, 0.15) is 43.0 Å². The molecule has 0 spiro atoms. The lowest BCUT2D eigenvalue weighted by atomic mass is 9.86. The number of sulfonamides is 1. The summed E-state index contributed by atoms with van der Waals surface area (Å²) in [7, 11) is -3.77. The van der Waals surface area contributed by atoms with Crippen molar-refractivity contribution in [3.63, 3.8) is 0 Å². The number of carbonyl (C=O) groups excluding carboxylic acids is 1. The van der Waals surface area contributed by atoms with Crippen LogP contribution < -0.4 is 5.32 Å². The van der Waals surface area contributed by atoms with Gasteiger partial charge < -0.3 is 10.1 Å². The monoisotopic (exact) mass is 384 g/mol. The molecule has 1 amide bonds. The Kier molecular flexibility index (Phi) is 5.94. The first-order valence-corrected chi connectivity index (χ1v) is 10.5. The Hall–Kier alpha value is -1.51. The van der Waals surface area contributed by atoms with E-state index in [9.17, 15) is 17.6 Å². The van der Waals surface area contributed by atoms with E-state index in [0.29, 0.717) is 19.1 Å². The Morgan fingerprint density at radius 2 is 1.92 bits per heavy atom. The van der Waals surface area contributed by atoms with Crippen molar-refractivity contribution in [3.05, 3.63) is 29.6 Å². The average molecular weight is 384 g/mol. The van der Waals surface area contributed by atoms with Crippen molar-refractivity contribution in [3.8, 4) is 0 Å². The van der Waals surface area contributed by atoms with E-state index in [1.165, 1.54) is 10.4 Å². The summed E-state index contributed by atoms with van der Waals surface area (Å²) in [5, 5.41) is 2.88. The molecule has 2 atom stereocenters. The Morgan fingerprint density at radius 1 is 1.23 bits per heavy atom. The van der Waals surface area contributed by atoms with Crippen molar-refractivity contribution in [1.29, 1.82) is 0 Å². The van der Waals surface area contributed by atoms with E-state index < -0.39 is 21.7 Å². The number of halogens is 1. The summed E-state index contributed by atoms with van der Waals surface area (Å²) in [5.41, 5.74) is -0.225. The number of benzene rings is 1. The van der Waals surface area contributed by atoms with Gasteiger partial charge in [0.15, 0.2) is 0 Å². The van der Waals surface area contributed by atoms with Gasteiger partial charge in [-0.25, -0.2) is 12.8 Å². The van der Waals surface area contributed by atoms with Crippen LogP contribution >= 0.6 is 0 Å². The van der Waals surface area contributed by atoms with Gasteiger partial charge in [-0.2, -0.15) is 4.31 Å². The van der Waals surface area contributed by atoms with Gasteiger partial charge in [-0.15, -0.1) is 0 Å². The van der Waals surface area contributed by atoms with Crippen LogP contribution in [0, 0.1) is 11.7 Å². The second-order valence-corrected chi connectivity index (χ2v) is 8.94. The van der Waals surface area contributed by atoms with Crippen molar-refractivity contribution in [1.82, 2.24) is 9.62 Å². The number of morpholine rings is 1. The SMILES string of the molecule is C[C@H]1CCCC[C@H]1NC(=O)c1cc(S(=O)(=O)N2CCOCC2)ccc1F. The quantitative estimate of drug-likeness (QED) is 0.863. The zero-order valence-corrected chi connectivity index (χ0v) is 15.7. The highest BCUT2D eigenvalue weighted by atomic mass is 32.2. The molecule has 1 aliphatic heterocycles. The first kappa shape index (κ1) is 19.3. The molecule has 8 heteroatoms. The number of rotatable bonds is 4. The summed E-state index contributed by atoms with van der Waals surface area (Å²) in [4.78, 5) is 12.5. The molecule has 2 aliphatic rings. The third kappa shape index (κ3) is 4.07. The molecule has 1 saturated carbocycles. The Morgan fingerprint density at radius 3 is 2.62 bits per heavy atom. The lowest BCUT2D eigenvalue weighted by Gasteiger charge is -2.29. The van der Waals surface area contributed by atoms with Gasteiger partial charge in [0.1, 0.15) is 5.82 Å². The van der Waals surface area contributed by atoms with Crippen LogP contribution in [0.3, 0.4) is 0 Å². The number of hydrogen-bond donors (Lipinski definition) is 1. The molecule has 1 saturated heterocycles. The summed E-state index contributed by atoms with van der Waals surface area (Å²) in [5.74, 6) is -0.941. The lowest BCUT2D eigenvalue weighted by molar-refractivity contribution is 0.0730. The van der Waals surface area contributed by atoms with E-state index in [0.717, 1.165) is 37.8 Å². The Bertz CT molecular complexity index is 762. The van der Waals surface area contributed by atoms with Gasteiger partial charge >= 0.3 is 0 Å². The average Bonchev–Trinajstić information content (AvgIpc) is 2.64. The molecule has 1 aromatic carbocycles. The molecular weight excluding hydrogens is 359 g/mol. The first-order chi connectivity index (χ1) is 12.4. The molecule has 1 N–H and O–H groups in total. The van der Waals surface area contributed by atoms with Gasteiger partial charge in [0.25, 0.3) is 5.91 Å². The van der Waals surface area contributed by atoms with E-state index in [1.54, 1.807) is 0 Å². The molecule has 0 bridgehead atoms. The maximum Gasteiger partial charge on any atom is 0.254 e. The molecule has 26 heavy (non-hydrogen) atoms. The number of ether oxygens (including phenoxy) is 1. The number of amides is 1. The second kappa shape index (κ2) is 8.02. The summed E-state index contributed by atoms with van der Waals surface area (Å²) in [6, 6.07) is 3.39. The largest absolute Gasteiger partial charge is 0.379 e. The highest BCUT2D eigenvalue weighted by Gasteiger charge is 2.29. The van der Waals surface area contributed by atoms with Crippen LogP contribution in [0.15, 0.2) is 23.1 Å². The molecule has 0 aromatic heterocycles. The molecule has 1 heterocycles. The predicted molar refractivity (Wildman–Crippen MR) is 94.9 cm³/mol. The van der Waals surface area contributed by atoms with Gasteiger partial charge in [-0.3, -0.25) is 4.79 Å². The van der Waals surface area contributed by atoms with Crippen LogP contribution in [0.4, 0.5) is 4.39 Å². The molecular formula is C18H25FN2O4S. The van der Waals surface area contributed by atoms with Crippen LogP contribution in [0.2, 0.25) is 0 Å². The smallest absolute Gasteiger partial charge is 0.254 e. The number of hydrogen-bond acceptors (Lipinski definition) is 4. The van der Waals surface area contributed by atoms with Crippen LogP contribution in [0.25, 0.3) is 0 Å². The minimum Gasteiger partial charge on any atom is -0.379 e. The van der Waals surface area contributed by atoms with Crippen molar-refractivity contribution in [2.75, 3.05) is 26.3 Å². The zero-order valence-electron chi connectivity index (χ0n) is 14.9. The fourth-order valence-electron chi connectivity index (χ4n) is 3.55. The van der Waals surface area contributed by atoms with Crippen LogP contribution in [-0.2, 0) is 14.8 Å². The van der Waals surface area contributed by atoms with E-state index in [-0.39, 0.29) is 29.6 Å². The Balaban J connectivity index is 1.81. The van der Waals surface area contributed by atoms with Crippen molar-refractivity contribution < 1.29 is 22.3 Å². The number of carbonyl (C=O) groups is 1. The molecule has 1 aliphatic carbocycles. The van der Waals surface area contributed by atoms with Gasteiger partial charge in [0, 0.05) is 19.1 Å². The number of nitrogens with zero attached hydrogens (tertiary/aromatic N) is 1. The summed E-state index contributed by atoms with van der Waals surface area (Å²) >= 11 is 0. The van der Waals surface area contributed by atoms with E-state index >= 15 is 0 Å². The maximum absolute atomic E-state index is 14.2. The van der Waals surface area contributed by atoms with Gasteiger partial charge in [-0.1, -0.05) is 19.8 Å². The predicted octanol–water partition coefficient (Wildman–Crippen LogP) is 2.16. The van der Waals surface area contributed by atoms with Gasteiger partial charge in [0.2, 0.25) is 10.0 Å². The van der Waals surface area contributed by atoms with Gasteiger partial charge in [-0.05, 0) is 37.0 Å². The summed E-state index contributed by atoms with van der Waals surface area (Å²) < 4.78 is 46.2. The summed E-state index contributed by atoms with van der Waals surface area (Å²) in [6.07, 6.45) is 4.05. The highest BCUT2D eigenvalue weighted by Crippen LogP contribution is 2.25. The van der Waals surface area contributed by atoms with Crippen molar-refractivity contribution in [2.45, 2.75) is 43.5 Å². The highest BCUT2D eigenvalue weighted by molar-refractivity contribution is 7.89. The normalized spacial score (nSPS) is 25.0.